The number of amides is 1. The Morgan fingerprint density at radius 3 is 2.89 bits per heavy atom. The van der Waals surface area contributed by atoms with E-state index in [-0.39, 0.29) is 5.91 Å². The van der Waals surface area contributed by atoms with Gasteiger partial charge in [0.25, 0.3) is 5.91 Å². The molecule has 1 aliphatic rings. The minimum absolute atomic E-state index is 0.0935. The number of aryl methyl sites for hydroxylation is 1. The molecule has 3 nitrogen and oxygen atoms in total. The predicted octanol–water partition coefficient (Wildman–Crippen LogP) is 2.86. The molecule has 0 saturated carbocycles. The third-order valence-electron chi connectivity index (χ3n) is 3.68. The summed E-state index contributed by atoms with van der Waals surface area (Å²) in [6.07, 6.45) is 2.36. The monoisotopic (exact) mass is 280 g/mol. The van der Waals surface area contributed by atoms with Crippen molar-refractivity contribution in [3.05, 3.63) is 34.3 Å². The van der Waals surface area contributed by atoms with Crippen LogP contribution in [0.2, 0.25) is 5.02 Å². The van der Waals surface area contributed by atoms with Crippen molar-refractivity contribution in [2.24, 2.45) is 0 Å². The second-order valence-corrected chi connectivity index (χ2v) is 5.51. The Balaban J connectivity index is 2.08. The van der Waals surface area contributed by atoms with Crippen LogP contribution < -0.4 is 5.32 Å². The zero-order valence-electron chi connectivity index (χ0n) is 11.6. The number of nitrogens with zero attached hydrogens (tertiary/aromatic N) is 1. The Morgan fingerprint density at radius 1 is 1.53 bits per heavy atom. The molecule has 0 bridgehead atoms. The first-order chi connectivity index (χ1) is 9.11. The molecule has 0 radical (unpaired) electrons. The van der Waals surface area contributed by atoms with Gasteiger partial charge in [-0.1, -0.05) is 11.6 Å². The van der Waals surface area contributed by atoms with Gasteiger partial charge in [-0.15, -0.1) is 0 Å². The Bertz CT molecular complexity index is 455. The molecule has 4 heteroatoms. The van der Waals surface area contributed by atoms with E-state index in [2.05, 4.69) is 5.32 Å². The van der Waals surface area contributed by atoms with Crippen molar-refractivity contribution in [3.8, 4) is 0 Å². The molecule has 1 aromatic rings. The van der Waals surface area contributed by atoms with Gasteiger partial charge in [0.15, 0.2) is 0 Å². The van der Waals surface area contributed by atoms with Gasteiger partial charge in [0, 0.05) is 29.7 Å². The van der Waals surface area contributed by atoms with E-state index in [1.54, 1.807) is 6.07 Å². The van der Waals surface area contributed by atoms with E-state index in [4.69, 9.17) is 11.6 Å². The van der Waals surface area contributed by atoms with Crippen LogP contribution >= 0.6 is 11.6 Å². The molecule has 2 rings (SSSR count). The second kappa shape index (κ2) is 6.40. The van der Waals surface area contributed by atoms with Gasteiger partial charge in [-0.05, 0) is 57.0 Å². The van der Waals surface area contributed by atoms with E-state index in [9.17, 15) is 4.79 Å². The van der Waals surface area contributed by atoms with Gasteiger partial charge in [0.1, 0.15) is 0 Å². The Kier molecular flexibility index (Phi) is 4.83. The van der Waals surface area contributed by atoms with Crippen LogP contribution in [0.4, 0.5) is 0 Å². The van der Waals surface area contributed by atoms with Crippen LogP contribution in [0, 0.1) is 6.92 Å². The number of likely N-dealkylation sites (N-methyl/N-ethyl adjacent to an activating group) is 1. The lowest BCUT2D eigenvalue weighted by atomic mass is 10.1. The summed E-state index contributed by atoms with van der Waals surface area (Å²) in [4.78, 5) is 14.4. The highest BCUT2D eigenvalue weighted by Crippen LogP contribution is 2.18. The normalized spacial score (nSPS) is 18.6. The minimum Gasteiger partial charge on any atom is -0.337 e. The average Bonchev–Trinajstić information content (AvgIpc) is 2.91. The van der Waals surface area contributed by atoms with Crippen molar-refractivity contribution in [1.82, 2.24) is 10.2 Å². The van der Waals surface area contributed by atoms with Crippen LogP contribution in [0.15, 0.2) is 18.2 Å². The zero-order valence-corrected chi connectivity index (χ0v) is 12.3. The Labute approximate surface area is 119 Å². The zero-order chi connectivity index (χ0) is 13.8. The van der Waals surface area contributed by atoms with Crippen LogP contribution in [-0.2, 0) is 0 Å². The number of carbonyl (C=O) groups is 1. The van der Waals surface area contributed by atoms with E-state index in [1.807, 2.05) is 30.9 Å². The molecule has 19 heavy (non-hydrogen) atoms. The molecule has 1 saturated heterocycles. The minimum atomic E-state index is 0.0935. The number of hydrogen-bond acceptors (Lipinski definition) is 2. The van der Waals surface area contributed by atoms with E-state index < -0.39 is 0 Å². The average molecular weight is 281 g/mol. The standard InChI is InChI=1S/C15H21ClN2O/c1-3-18(10-13-5-4-8-17-13)15(19)12-6-7-14(16)11(2)9-12/h6-7,9,13,17H,3-5,8,10H2,1-2H3. The van der Waals surface area contributed by atoms with Crippen molar-refractivity contribution in [3.63, 3.8) is 0 Å². The molecule has 0 aromatic heterocycles. The molecule has 104 valence electrons. The van der Waals surface area contributed by atoms with Crippen molar-refractivity contribution < 1.29 is 4.79 Å². The smallest absolute Gasteiger partial charge is 0.253 e. The quantitative estimate of drug-likeness (QED) is 0.920. The van der Waals surface area contributed by atoms with E-state index >= 15 is 0 Å². The highest BCUT2D eigenvalue weighted by Gasteiger charge is 2.21. The fourth-order valence-electron chi connectivity index (χ4n) is 2.49. The van der Waals surface area contributed by atoms with Gasteiger partial charge in [0.05, 0.1) is 0 Å². The molecule has 1 fully saturated rings. The summed E-state index contributed by atoms with van der Waals surface area (Å²) in [6.45, 7) is 6.54. The first-order valence-corrected chi connectivity index (χ1v) is 7.28. The van der Waals surface area contributed by atoms with Gasteiger partial charge in [-0.2, -0.15) is 0 Å². The van der Waals surface area contributed by atoms with Crippen molar-refractivity contribution in [2.45, 2.75) is 32.7 Å². The first-order valence-electron chi connectivity index (χ1n) is 6.90. The molecule has 1 aliphatic heterocycles. The van der Waals surface area contributed by atoms with Crippen molar-refractivity contribution in [1.29, 1.82) is 0 Å². The molecule has 0 spiro atoms. The van der Waals surface area contributed by atoms with Gasteiger partial charge < -0.3 is 10.2 Å². The van der Waals surface area contributed by atoms with Gasteiger partial charge in [0.2, 0.25) is 0 Å². The highest BCUT2D eigenvalue weighted by atomic mass is 35.5. The maximum atomic E-state index is 12.5. The van der Waals surface area contributed by atoms with E-state index in [0.29, 0.717) is 11.1 Å². The van der Waals surface area contributed by atoms with Crippen LogP contribution in [0.1, 0.15) is 35.7 Å². The van der Waals surface area contributed by atoms with E-state index in [0.717, 1.165) is 37.2 Å². The fraction of sp³-hybridized carbons (Fsp3) is 0.533. The maximum Gasteiger partial charge on any atom is 0.253 e. The summed E-state index contributed by atoms with van der Waals surface area (Å²) in [5.41, 5.74) is 1.67. The predicted molar refractivity (Wildman–Crippen MR) is 78.8 cm³/mol. The summed E-state index contributed by atoms with van der Waals surface area (Å²) >= 11 is 6.00. The summed E-state index contributed by atoms with van der Waals surface area (Å²) in [5.74, 6) is 0.0935. The Hall–Kier alpha value is -1.06. The van der Waals surface area contributed by atoms with Crippen LogP contribution in [0.25, 0.3) is 0 Å². The van der Waals surface area contributed by atoms with Crippen LogP contribution in [0.3, 0.4) is 0 Å². The number of benzene rings is 1. The lowest BCUT2D eigenvalue weighted by molar-refractivity contribution is 0.0751. The number of nitrogens with one attached hydrogen (secondary N) is 1. The molecule has 1 unspecified atom stereocenters. The molecule has 1 atom stereocenters. The third kappa shape index (κ3) is 3.48. The van der Waals surface area contributed by atoms with Gasteiger partial charge in [-0.25, -0.2) is 0 Å². The van der Waals surface area contributed by atoms with Crippen molar-refractivity contribution >= 4 is 17.5 Å². The van der Waals surface area contributed by atoms with Gasteiger partial charge in [-0.3, -0.25) is 4.79 Å². The lowest BCUT2D eigenvalue weighted by Gasteiger charge is -2.24. The Morgan fingerprint density at radius 2 is 2.32 bits per heavy atom. The third-order valence-corrected chi connectivity index (χ3v) is 4.10. The maximum absolute atomic E-state index is 12.5. The van der Waals surface area contributed by atoms with Crippen LogP contribution in [-0.4, -0.2) is 36.5 Å². The molecule has 1 amide bonds. The molecule has 1 aromatic carbocycles. The molecular weight excluding hydrogens is 260 g/mol. The first kappa shape index (κ1) is 14.4. The molecule has 1 heterocycles. The number of carbonyl (C=O) groups excluding carboxylic acids is 1. The SMILES string of the molecule is CCN(CC1CCCN1)C(=O)c1ccc(Cl)c(C)c1. The fourth-order valence-corrected chi connectivity index (χ4v) is 2.61. The highest BCUT2D eigenvalue weighted by molar-refractivity contribution is 6.31. The molecule has 1 N–H and O–H groups in total. The summed E-state index contributed by atoms with van der Waals surface area (Å²) < 4.78 is 0. The number of rotatable bonds is 4. The lowest BCUT2D eigenvalue weighted by Crippen LogP contribution is -2.41. The summed E-state index contributed by atoms with van der Waals surface area (Å²) in [5, 5.41) is 4.14. The van der Waals surface area contributed by atoms with E-state index in [1.165, 1.54) is 6.42 Å². The van der Waals surface area contributed by atoms with Crippen molar-refractivity contribution in [2.75, 3.05) is 19.6 Å². The van der Waals surface area contributed by atoms with Gasteiger partial charge >= 0.3 is 0 Å². The molecule has 0 aliphatic carbocycles. The second-order valence-electron chi connectivity index (χ2n) is 5.10. The molecular formula is C15H21ClN2O. The topological polar surface area (TPSA) is 32.3 Å². The number of halogens is 1. The van der Waals surface area contributed by atoms with Crippen LogP contribution in [0.5, 0.6) is 0 Å². The summed E-state index contributed by atoms with van der Waals surface area (Å²) in [7, 11) is 0. The summed E-state index contributed by atoms with van der Waals surface area (Å²) in [6, 6.07) is 5.92. The largest absolute Gasteiger partial charge is 0.337 e. The number of hydrogen-bond donors (Lipinski definition) is 1.